The van der Waals surface area contributed by atoms with E-state index < -0.39 is 0 Å². The van der Waals surface area contributed by atoms with E-state index in [0.717, 1.165) is 11.3 Å². The smallest absolute Gasteiger partial charge is 0.270 e. The molecule has 1 fully saturated rings. The molecule has 5 heteroatoms. The van der Waals surface area contributed by atoms with Crippen molar-refractivity contribution in [2.45, 2.75) is 6.92 Å². The molecule has 0 spiro atoms. The highest BCUT2D eigenvalue weighted by atomic mass is 32.2. The van der Waals surface area contributed by atoms with Crippen molar-refractivity contribution in [3.05, 3.63) is 64.6 Å². The highest BCUT2D eigenvalue weighted by molar-refractivity contribution is 8.27. The van der Waals surface area contributed by atoms with Crippen LogP contribution in [0, 0.1) is 6.92 Å². The minimum absolute atomic E-state index is 0.103. The minimum atomic E-state index is -0.103. The van der Waals surface area contributed by atoms with Crippen LogP contribution in [0.5, 0.6) is 5.75 Å². The summed E-state index contributed by atoms with van der Waals surface area (Å²) >= 11 is 6.70. The second-order valence-corrected chi connectivity index (χ2v) is 6.81. The number of carbonyl (C=O) groups excluding carboxylic acids is 1. The van der Waals surface area contributed by atoms with Gasteiger partial charge in [-0.05, 0) is 30.7 Å². The molecule has 0 saturated carbocycles. The van der Waals surface area contributed by atoms with Crippen LogP contribution in [0.25, 0.3) is 6.08 Å². The second kappa shape index (κ2) is 6.56. The summed E-state index contributed by atoms with van der Waals surface area (Å²) in [6.45, 7) is 2.03. The maximum Gasteiger partial charge on any atom is 0.270 e. The average molecular weight is 341 g/mol. The van der Waals surface area contributed by atoms with Crippen LogP contribution in [0.2, 0.25) is 0 Å². The van der Waals surface area contributed by atoms with Gasteiger partial charge >= 0.3 is 0 Å². The first kappa shape index (κ1) is 15.8. The van der Waals surface area contributed by atoms with Gasteiger partial charge in [0, 0.05) is 6.07 Å². The molecular formula is C18H15NO2S2. The van der Waals surface area contributed by atoms with Gasteiger partial charge in [-0.3, -0.25) is 9.69 Å². The van der Waals surface area contributed by atoms with E-state index in [9.17, 15) is 4.79 Å². The zero-order chi connectivity index (χ0) is 16.4. The number of benzene rings is 2. The van der Waals surface area contributed by atoms with Crippen molar-refractivity contribution in [1.82, 2.24) is 0 Å². The van der Waals surface area contributed by atoms with Crippen LogP contribution in [0.3, 0.4) is 0 Å². The number of methoxy groups -OCH3 is 1. The van der Waals surface area contributed by atoms with E-state index in [1.807, 2.05) is 55.5 Å². The zero-order valence-corrected chi connectivity index (χ0v) is 14.4. The number of hydrogen-bond acceptors (Lipinski definition) is 4. The van der Waals surface area contributed by atoms with E-state index in [1.54, 1.807) is 18.1 Å². The number of rotatable bonds is 3. The Labute approximate surface area is 144 Å². The lowest BCUT2D eigenvalue weighted by molar-refractivity contribution is -0.113. The number of carbonyl (C=O) groups is 1. The summed E-state index contributed by atoms with van der Waals surface area (Å²) in [6.07, 6.45) is 1.87. The van der Waals surface area contributed by atoms with Gasteiger partial charge in [-0.15, -0.1) is 0 Å². The van der Waals surface area contributed by atoms with Gasteiger partial charge in [-0.25, -0.2) is 0 Å². The summed E-state index contributed by atoms with van der Waals surface area (Å²) in [4.78, 5) is 14.9. The number of anilines is 1. The fourth-order valence-electron chi connectivity index (χ4n) is 2.25. The molecule has 0 atom stereocenters. The number of hydrogen-bond donors (Lipinski definition) is 0. The monoisotopic (exact) mass is 341 g/mol. The summed E-state index contributed by atoms with van der Waals surface area (Å²) in [7, 11) is 1.60. The Morgan fingerprint density at radius 3 is 2.61 bits per heavy atom. The SMILES string of the molecule is COc1cccc(N2C(=O)/C(=C\c3ccc(C)cc3)SC2=S)c1. The van der Waals surface area contributed by atoms with E-state index >= 15 is 0 Å². The van der Waals surface area contributed by atoms with E-state index in [0.29, 0.717) is 15.0 Å². The van der Waals surface area contributed by atoms with Gasteiger partial charge in [0.2, 0.25) is 0 Å². The Hall–Kier alpha value is -2.11. The normalized spacial score (nSPS) is 16.3. The van der Waals surface area contributed by atoms with E-state index in [4.69, 9.17) is 17.0 Å². The van der Waals surface area contributed by atoms with E-state index in [-0.39, 0.29) is 5.91 Å². The van der Waals surface area contributed by atoms with Crippen LogP contribution in [0.15, 0.2) is 53.4 Å². The Morgan fingerprint density at radius 2 is 1.91 bits per heavy atom. The lowest BCUT2D eigenvalue weighted by Crippen LogP contribution is -2.27. The molecule has 2 aromatic rings. The third-order valence-electron chi connectivity index (χ3n) is 3.48. The standard InChI is InChI=1S/C18H15NO2S2/c1-12-6-8-13(9-7-12)10-16-17(20)19(18(22)23-16)14-4-3-5-15(11-14)21-2/h3-11H,1-2H3/b16-10+. The minimum Gasteiger partial charge on any atom is -0.497 e. The van der Waals surface area contributed by atoms with Gasteiger partial charge in [0.25, 0.3) is 5.91 Å². The quantitative estimate of drug-likeness (QED) is 0.611. The summed E-state index contributed by atoms with van der Waals surface area (Å²) in [6, 6.07) is 15.4. The molecule has 0 aromatic heterocycles. The predicted octanol–water partition coefficient (Wildman–Crippen LogP) is 4.41. The Morgan fingerprint density at radius 1 is 1.17 bits per heavy atom. The summed E-state index contributed by atoms with van der Waals surface area (Å²) < 4.78 is 5.75. The van der Waals surface area contributed by atoms with Crippen LogP contribution in [0.1, 0.15) is 11.1 Å². The molecule has 23 heavy (non-hydrogen) atoms. The van der Waals surface area contributed by atoms with Gasteiger partial charge in [0.05, 0.1) is 17.7 Å². The maximum atomic E-state index is 12.7. The summed E-state index contributed by atoms with van der Waals surface area (Å²) in [5.74, 6) is 0.591. The molecule has 3 rings (SSSR count). The number of amides is 1. The van der Waals surface area contributed by atoms with Crippen molar-refractivity contribution in [3.8, 4) is 5.75 Å². The van der Waals surface area contributed by atoms with Gasteiger partial charge < -0.3 is 4.74 Å². The summed E-state index contributed by atoms with van der Waals surface area (Å²) in [5.41, 5.74) is 2.90. The van der Waals surface area contributed by atoms with Crippen molar-refractivity contribution in [2.24, 2.45) is 0 Å². The molecule has 1 aliphatic rings. The Bertz CT molecular complexity index is 797. The molecule has 1 aliphatic heterocycles. The van der Waals surface area contributed by atoms with E-state index in [2.05, 4.69) is 0 Å². The molecule has 0 aliphatic carbocycles. The highest BCUT2D eigenvalue weighted by Gasteiger charge is 2.33. The second-order valence-electron chi connectivity index (χ2n) is 5.13. The number of thiocarbonyl (C=S) groups is 1. The topological polar surface area (TPSA) is 29.5 Å². The lowest BCUT2D eigenvalue weighted by Gasteiger charge is -2.15. The number of thioether (sulfide) groups is 1. The lowest BCUT2D eigenvalue weighted by atomic mass is 10.1. The largest absolute Gasteiger partial charge is 0.497 e. The van der Waals surface area contributed by atoms with E-state index in [1.165, 1.54) is 17.3 Å². The van der Waals surface area contributed by atoms with Crippen molar-refractivity contribution < 1.29 is 9.53 Å². The van der Waals surface area contributed by atoms with Gasteiger partial charge in [0.1, 0.15) is 5.75 Å². The maximum absolute atomic E-state index is 12.7. The van der Waals surface area contributed by atoms with Gasteiger partial charge in [-0.1, -0.05) is 59.9 Å². The molecule has 2 aromatic carbocycles. The first-order chi connectivity index (χ1) is 11.1. The molecule has 0 bridgehead atoms. The molecule has 0 unspecified atom stereocenters. The first-order valence-electron chi connectivity index (χ1n) is 7.07. The summed E-state index contributed by atoms with van der Waals surface area (Å²) in [5, 5.41) is 0. The molecular weight excluding hydrogens is 326 g/mol. The molecule has 1 saturated heterocycles. The van der Waals surface area contributed by atoms with Gasteiger partial charge in [-0.2, -0.15) is 0 Å². The van der Waals surface area contributed by atoms with Gasteiger partial charge in [0.15, 0.2) is 4.32 Å². The molecule has 0 N–H and O–H groups in total. The molecule has 116 valence electrons. The molecule has 3 nitrogen and oxygen atoms in total. The van der Waals surface area contributed by atoms with Crippen molar-refractivity contribution in [2.75, 3.05) is 12.0 Å². The number of aryl methyl sites for hydroxylation is 1. The van der Waals surface area contributed by atoms with Crippen LogP contribution in [-0.2, 0) is 4.79 Å². The first-order valence-corrected chi connectivity index (χ1v) is 8.29. The van der Waals surface area contributed by atoms with Crippen molar-refractivity contribution in [1.29, 1.82) is 0 Å². The number of nitrogens with zero attached hydrogens (tertiary/aromatic N) is 1. The fraction of sp³-hybridized carbons (Fsp3) is 0.111. The zero-order valence-electron chi connectivity index (χ0n) is 12.8. The predicted molar refractivity (Wildman–Crippen MR) is 99.8 cm³/mol. The number of ether oxygens (including phenoxy) is 1. The van der Waals surface area contributed by atoms with Crippen molar-refractivity contribution >= 4 is 46.0 Å². The van der Waals surface area contributed by atoms with Crippen LogP contribution >= 0.6 is 24.0 Å². The third kappa shape index (κ3) is 3.30. The molecule has 0 radical (unpaired) electrons. The Kier molecular flexibility index (Phi) is 4.50. The fourth-order valence-corrected chi connectivity index (χ4v) is 3.55. The van der Waals surface area contributed by atoms with Crippen LogP contribution < -0.4 is 9.64 Å². The van der Waals surface area contributed by atoms with Crippen LogP contribution in [0.4, 0.5) is 5.69 Å². The van der Waals surface area contributed by atoms with Crippen LogP contribution in [-0.4, -0.2) is 17.3 Å². The average Bonchev–Trinajstić information content (AvgIpc) is 2.83. The third-order valence-corrected chi connectivity index (χ3v) is 4.78. The Balaban J connectivity index is 1.91. The van der Waals surface area contributed by atoms with Crippen molar-refractivity contribution in [3.63, 3.8) is 0 Å². The molecule has 1 heterocycles. The molecule has 1 amide bonds. The highest BCUT2D eigenvalue weighted by Crippen LogP contribution is 2.36.